The molecule has 0 unspecified atom stereocenters. The molecule has 168 valence electrons. The van der Waals surface area contributed by atoms with E-state index in [1.807, 2.05) is 18.2 Å². The molecule has 33 heavy (non-hydrogen) atoms. The first-order valence-electron chi connectivity index (χ1n) is 10.8. The number of amides is 1. The van der Waals surface area contributed by atoms with Crippen molar-refractivity contribution in [1.82, 2.24) is 19.3 Å². The van der Waals surface area contributed by atoms with Crippen molar-refractivity contribution in [3.8, 4) is 0 Å². The van der Waals surface area contributed by atoms with Crippen LogP contribution in [0.1, 0.15) is 28.8 Å². The maximum Gasteiger partial charge on any atom is 0.267 e. The lowest BCUT2D eigenvalue weighted by atomic mass is 10.1. The number of halogens is 1. The van der Waals surface area contributed by atoms with Crippen LogP contribution >= 0.6 is 11.6 Å². The van der Waals surface area contributed by atoms with Crippen molar-refractivity contribution in [3.63, 3.8) is 0 Å². The highest BCUT2D eigenvalue weighted by molar-refractivity contribution is 6.31. The minimum absolute atomic E-state index is 0.0122. The van der Waals surface area contributed by atoms with E-state index >= 15 is 0 Å². The molecular weight excluding hydrogens is 442 g/mol. The smallest absolute Gasteiger partial charge is 0.267 e. The van der Waals surface area contributed by atoms with Crippen LogP contribution in [0.3, 0.4) is 0 Å². The summed E-state index contributed by atoms with van der Waals surface area (Å²) in [7, 11) is 0. The molecule has 4 heterocycles. The monoisotopic (exact) mass is 463 g/mol. The van der Waals surface area contributed by atoms with Crippen LogP contribution in [0.2, 0.25) is 5.02 Å². The molecular formula is C24H22ClN5O3. The lowest BCUT2D eigenvalue weighted by molar-refractivity contribution is 0.0931. The first-order chi connectivity index (χ1) is 16.0. The molecule has 1 aliphatic heterocycles. The number of nitrogens with one attached hydrogen (secondary N) is 2. The van der Waals surface area contributed by atoms with Crippen LogP contribution in [-0.2, 0) is 17.8 Å². The Morgan fingerprint density at radius 2 is 2.06 bits per heavy atom. The second-order valence-corrected chi connectivity index (χ2v) is 8.42. The molecule has 1 amide bonds. The van der Waals surface area contributed by atoms with Gasteiger partial charge in [-0.15, -0.1) is 0 Å². The Hall–Kier alpha value is -3.49. The van der Waals surface area contributed by atoms with Crippen molar-refractivity contribution in [2.45, 2.75) is 32.0 Å². The van der Waals surface area contributed by atoms with Crippen molar-refractivity contribution in [1.29, 1.82) is 5.41 Å². The first kappa shape index (κ1) is 21.4. The zero-order valence-corrected chi connectivity index (χ0v) is 18.5. The van der Waals surface area contributed by atoms with E-state index in [4.69, 9.17) is 21.7 Å². The quantitative estimate of drug-likeness (QED) is 0.444. The van der Waals surface area contributed by atoms with Gasteiger partial charge in [0, 0.05) is 24.4 Å². The third-order valence-electron chi connectivity index (χ3n) is 5.87. The van der Waals surface area contributed by atoms with Gasteiger partial charge in [0.25, 0.3) is 11.5 Å². The SMILES string of the molecule is N=c1c(C(=O)NCc2ccccc2Cl)cc2c(=O)n3ccccc3nc2n1C[C@@H]1CCCO1. The van der Waals surface area contributed by atoms with Crippen LogP contribution in [0.25, 0.3) is 16.7 Å². The minimum Gasteiger partial charge on any atom is -0.376 e. The van der Waals surface area contributed by atoms with Crippen molar-refractivity contribution < 1.29 is 9.53 Å². The zero-order valence-electron chi connectivity index (χ0n) is 17.8. The summed E-state index contributed by atoms with van der Waals surface area (Å²) in [6, 6.07) is 14.0. The molecule has 0 spiro atoms. The van der Waals surface area contributed by atoms with Crippen LogP contribution in [0, 0.1) is 5.41 Å². The minimum atomic E-state index is -0.458. The van der Waals surface area contributed by atoms with Gasteiger partial charge in [-0.3, -0.25) is 19.4 Å². The molecule has 2 N–H and O–H groups in total. The molecule has 1 aromatic carbocycles. The molecule has 3 aromatic heterocycles. The van der Waals surface area contributed by atoms with E-state index in [0.717, 1.165) is 18.4 Å². The number of carbonyl (C=O) groups excluding carboxylic acids is 1. The number of nitrogens with zero attached hydrogens (tertiary/aromatic N) is 3. The molecule has 0 saturated carbocycles. The summed E-state index contributed by atoms with van der Waals surface area (Å²) in [5.41, 5.74) is 1.40. The van der Waals surface area contributed by atoms with Gasteiger partial charge in [0.05, 0.1) is 23.6 Å². The molecule has 9 heteroatoms. The summed E-state index contributed by atoms with van der Waals surface area (Å²) in [6.07, 6.45) is 3.33. The van der Waals surface area contributed by atoms with E-state index in [2.05, 4.69) is 10.3 Å². The zero-order chi connectivity index (χ0) is 22.9. The molecule has 5 rings (SSSR count). The largest absolute Gasteiger partial charge is 0.376 e. The fourth-order valence-electron chi connectivity index (χ4n) is 4.14. The van der Waals surface area contributed by atoms with Gasteiger partial charge >= 0.3 is 0 Å². The van der Waals surface area contributed by atoms with Gasteiger partial charge in [0.1, 0.15) is 16.8 Å². The highest BCUT2D eigenvalue weighted by Gasteiger charge is 2.22. The summed E-state index contributed by atoms with van der Waals surface area (Å²) in [5.74, 6) is -0.458. The van der Waals surface area contributed by atoms with Crippen molar-refractivity contribution in [2.75, 3.05) is 6.61 Å². The predicted molar refractivity (Wildman–Crippen MR) is 124 cm³/mol. The molecule has 0 radical (unpaired) electrons. The van der Waals surface area contributed by atoms with Crippen LogP contribution in [0.15, 0.2) is 59.5 Å². The van der Waals surface area contributed by atoms with E-state index in [0.29, 0.717) is 29.5 Å². The van der Waals surface area contributed by atoms with Crippen LogP contribution in [-0.4, -0.2) is 32.6 Å². The maximum atomic E-state index is 13.3. The number of benzene rings is 1. The van der Waals surface area contributed by atoms with E-state index in [1.165, 1.54) is 10.5 Å². The Morgan fingerprint density at radius 1 is 1.24 bits per heavy atom. The molecule has 0 bridgehead atoms. The maximum absolute atomic E-state index is 13.3. The fraction of sp³-hybridized carbons (Fsp3) is 0.250. The Kier molecular flexibility index (Phi) is 5.70. The highest BCUT2D eigenvalue weighted by Crippen LogP contribution is 2.17. The van der Waals surface area contributed by atoms with E-state index in [9.17, 15) is 9.59 Å². The fourth-order valence-corrected chi connectivity index (χ4v) is 4.34. The molecule has 1 aliphatic rings. The van der Waals surface area contributed by atoms with Crippen LogP contribution in [0.5, 0.6) is 0 Å². The van der Waals surface area contributed by atoms with Crippen molar-refractivity contribution in [3.05, 3.63) is 86.7 Å². The number of fused-ring (bicyclic) bond motifs is 2. The summed E-state index contributed by atoms with van der Waals surface area (Å²) < 4.78 is 8.82. The van der Waals surface area contributed by atoms with Gasteiger partial charge < -0.3 is 14.6 Å². The highest BCUT2D eigenvalue weighted by atomic mass is 35.5. The third kappa shape index (κ3) is 4.03. The number of hydrogen-bond donors (Lipinski definition) is 2. The van der Waals surface area contributed by atoms with E-state index < -0.39 is 5.91 Å². The molecule has 1 fully saturated rings. The Labute approximate surface area is 193 Å². The van der Waals surface area contributed by atoms with E-state index in [1.54, 1.807) is 35.0 Å². The summed E-state index contributed by atoms with van der Waals surface area (Å²) >= 11 is 6.20. The number of pyridine rings is 2. The number of rotatable bonds is 5. The molecule has 0 aliphatic carbocycles. The number of ether oxygens (including phenoxy) is 1. The Balaban J connectivity index is 1.62. The molecule has 8 nitrogen and oxygen atoms in total. The topological polar surface area (TPSA) is 101 Å². The lowest BCUT2D eigenvalue weighted by Gasteiger charge is -2.17. The third-order valence-corrected chi connectivity index (χ3v) is 6.24. The second kappa shape index (κ2) is 8.80. The van der Waals surface area contributed by atoms with Gasteiger partial charge in [-0.2, -0.15) is 0 Å². The van der Waals surface area contributed by atoms with E-state index in [-0.39, 0.29) is 34.6 Å². The standard InChI is InChI=1S/C24H22ClN5O3/c25-19-8-2-1-6-15(19)13-27-23(31)17-12-18-22(28-20-9-3-4-10-29(20)24(18)32)30(21(17)26)14-16-7-5-11-33-16/h1-4,6,8-10,12,16,26H,5,7,11,13-14H2,(H,27,31)/t16-/m0/s1. The molecule has 1 saturated heterocycles. The number of hydrogen-bond acceptors (Lipinski definition) is 5. The van der Waals surface area contributed by atoms with Gasteiger partial charge in [-0.1, -0.05) is 35.9 Å². The van der Waals surface area contributed by atoms with Crippen molar-refractivity contribution >= 4 is 34.2 Å². The van der Waals surface area contributed by atoms with Gasteiger partial charge in [0.2, 0.25) is 0 Å². The average molecular weight is 464 g/mol. The summed E-state index contributed by atoms with van der Waals surface area (Å²) in [6.45, 7) is 1.21. The Morgan fingerprint density at radius 3 is 2.85 bits per heavy atom. The van der Waals surface area contributed by atoms with Gasteiger partial charge in [0.15, 0.2) is 0 Å². The van der Waals surface area contributed by atoms with Crippen LogP contribution in [0.4, 0.5) is 0 Å². The first-order valence-corrected chi connectivity index (χ1v) is 11.1. The van der Waals surface area contributed by atoms with Gasteiger partial charge in [-0.25, -0.2) is 4.98 Å². The number of aromatic nitrogens is 3. The molecule has 4 aromatic rings. The van der Waals surface area contributed by atoms with Crippen LogP contribution < -0.4 is 16.4 Å². The Bertz CT molecular complexity index is 1490. The summed E-state index contributed by atoms with van der Waals surface area (Å²) in [5, 5.41) is 12.4. The second-order valence-electron chi connectivity index (χ2n) is 8.01. The predicted octanol–water partition coefficient (Wildman–Crippen LogP) is 2.89. The molecule has 1 atom stereocenters. The lowest BCUT2D eigenvalue weighted by Crippen LogP contribution is -2.36. The normalized spacial score (nSPS) is 15.8. The van der Waals surface area contributed by atoms with Crippen molar-refractivity contribution in [2.24, 2.45) is 0 Å². The van der Waals surface area contributed by atoms with Gasteiger partial charge in [-0.05, 0) is 42.7 Å². The number of carbonyl (C=O) groups is 1. The average Bonchev–Trinajstić information content (AvgIpc) is 3.34. The summed E-state index contributed by atoms with van der Waals surface area (Å²) in [4.78, 5) is 31.0.